The van der Waals surface area contributed by atoms with Crippen LogP contribution in [0.1, 0.15) is 20.3 Å². The van der Waals surface area contributed by atoms with E-state index in [0.717, 1.165) is 6.42 Å². The van der Waals surface area contributed by atoms with Crippen molar-refractivity contribution in [1.29, 1.82) is 0 Å². The summed E-state index contributed by atoms with van der Waals surface area (Å²) in [6.45, 7) is 4.38. The molecule has 0 aromatic heterocycles. The number of rotatable bonds is 6. The Balaban J connectivity index is 4.91. The first-order valence-electron chi connectivity index (χ1n) is 4.97. The molecule has 1 amide bonds. The molecule has 0 aliphatic rings. The molecule has 0 bridgehead atoms. The molecule has 86 valence electrons. The monoisotopic (exact) mass is 213 g/mol. The number of nitrogens with zero attached hydrogens (tertiary/aromatic N) is 1. The van der Waals surface area contributed by atoms with E-state index in [1.165, 1.54) is 0 Å². The van der Waals surface area contributed by atoms with E-state index in [1.807, 2.05) is 6.92 Å². The molecule has 15 heavy (non-hydrogen) atoms. The van der Waals surface area contributed by atoms with Crippen LogP contribution < -0.4 is 11.1 Å². The smallest absolute Gasteiger partial charge is 0.288 e. The third kappa shape index (κ3) is 4.60. The van der Waals surface area contributed by atoms with Crippen LogP contribution in [0, 0.1) is 0 Å². The summed E-state index contributed by atoms with van der Waals surface area (Å²) in [6, 6.07) is 0. The molecule has 0 saturated carbocycles. The second-order valence-electron chi connectivity index (χ2n) is 2.79. The average molecular weight is 213 g/mol. The van der Waals surface area contributed by atoms with Crippen LogP contribution in [0.15, 0.2) is 16.4 Å². The standard InChI is InChI=1S/C10H19N3O2/c1-4-6-15-9(10(14)12-3)8(7-11)13-5-2/h5H,4,6-7,11H2,1-3H3,(H,12,14)/b9-8+,13-5?. The maximum absolute atomic E-state index is 11.5. The molecule has 0 saturated heterocycles. The van der Waals surface area contributed by atoms with Crippen molar-refractivity contribution >= 4 is 12.1 Å². The lowest BCUT2D eigenvalue weighted by molar-refractivity contribution is -0.120. The number of hydrogen-bond donors (Lipinski definition) is 2. The zero-order valence-electron chi connectivity index (χ0n) is 9.54. The number of carbonyl (C=O) groups is 1. The SMILES string of the molecule is CC=N/C(CN)=C(/OCCC)C(=O)NC. The highest BCUT2D eigenvalue weighted by Gasteiger charge is 2.14. The molecule has 0 radical (unpaired) electrons. The number of carbonyl (C=O) groups excluding carboxylic acids is 1. The van der Waals surface area contributed by atoms with Crippen LogP contribution in [-0.2, 0) is 9.53 Å². The highest BCUT2D eigenvalue weighted by Crippen LogP contribution is 2.07. The Morgan fingerprint density at radius 1 is 1.60 bits per heavy atom. The van der Waals surface area contributed by atoms with Crippen LogP contribution in [0.25, 0.3) is 0 Å². The van der Waals surface area contributed by atoms with E-state index >= 15 is 0 Å². The fourth-order valence-corrected chi connectivity index (χ4v) is 0.957. The number of likely N-dealkylation sites (N-methyl/N-ethyl adjacent to an activating group) is 1. The Morgan fingerprint density at radius 3 is 2.67 bits per heavy atom. The lowest BCUT2D eigenvalue weighted by atomic mass is 10.3. The topological polar surface area (TPSA) is 76.7 Å². The number of nitrogens with one attached hydrogen (secondary N) is 1. The minimum absolute atomic E-state index is 0.177. The largest absolute Gasteiger partial charge is 0.486 e. The fourth-order valence-electron chi connectivity index (χ4n) is 0.957. The molecule has 0 heterocycles. The third-order valence-corrected chi connectivity index (χ3v) is 1.62. The van der Waals surface area contributed by atoms with Crippen LogP contribution in [0.5, 0.6) is 0 Å². The lowest BCUT2D eigenvalue weighted by Gasteiger charge is -2.10. The Morgan fingerprint density at radius 2 is 2.27 bits per heavy atom. The van der Waals surface area contributed by atoms with Gasteiger partial charge in [0.1, 0.15) is 5.70 Å². The van der Waals surface area contributed by atoms with Crippen LogP contribution >= 0.6 is 0 Å². The molecular weight excluding hydrogens is 194 g/mol. The van der Waals surface area contributed by atoms with Gasteiger partial charge in [-0.2, -0.15) is 0 Å². The normalized spacial score (nSPS) is 12.5. The maximum atomic E-state index is 11.5. The van der Waals surface area contributed by atoms with E-state index in [0.29, 0.717) is 12.3 Å². The Kier molecular flexibility index (Phi) is 7.27. The molecule has 0 aliphatic carbocycles. The van der Waals surface area contributed by atoms with Gasteiger partial charge in [0, 0.05) is 19.8 Å². The van der Waals surface area contributed by atoms with Crippen molar-refractivity contribution in [3.63, 3.8) is 0 Å². The van der Waals surface area contributed by atoms with Gasteiger partial charge in [-0.05, 0) is 13.3 Å². The molecule has 0 spiro atoms. The van der Waals surface area contributed by atoms with Gasteiger partial charge >= 0.3 is 0 Å². The van der Waals surface area contributed by atoms with Crippen molar-refractivity contribution in [1.82, 2.24) is 5.32 Å². The third-order valence-electron chi connectivity index (χ3n) is 1.62. The van der Waals surface area contributed by atoms with E-state index in [9.17, 15) is 4.79 Å². The average Bonchev–Trinajstić information content (AvgIpc) is 2.27. The molecule has 0 rings (SSSR count). The number of ether oxygens (including phenoxy) is 1. The summed E-state index contributed by atoms with van der Waals surface area (Å²) < 4.78 is 5.32. The van der Waals surface area contributed by atoms with E-state index in [-0.39, 0.29) is 18.2 Å². The number of nitrogens with two attached hydrogens (primary N) is 1. The summed E-state index contributed by atoms with van der Waals surface area (Å²) >= 11 is 0. The zero-order chi connectivity index (χ0) is 11.7. The van der Waals surface area contributed by atoms with Crippen molar-refractivity contribution in [2.24, 2.45) is 10.7 Å². The van der Waals surface area contributed by atoms with Gasteiger partial charge in [0.05, 0.1) is 6.61 Å². The first-order chi connectivity index (χ1) is 7.21. The van der Waals surface area contributed by atoms with Crippen molar-refractivity contribution in [2.45, 2.75) is 20.3 Å². The van der Waals surface area contributed by atoms with E-state index < -0.39 is 0 Å². The molecule has 0 atom stereocenters. The van der Waals surface area contributed by atoms with Gasteiger partial charge in [-0.1, -0.05) is 6.92 Å². The van der Waals surface area contributed by atoms with E-state index in [2.05, 4.69) is 10.3 Å². The summed E-state index contributed by atoms with van der Waals surface area (Å²) in [7, 11) is 1.54. The molecular formula is C10H19N3O2. The van der Waals surface area contributed by atoms with Crippen molar-refractivity contribution in [3.05, 3.63) is 11.5 Å². The molecule has 3 N–H and O–H groups in total. The molecule has 5 heteroatoms. The van der Waals surface area contributed by atoms with Crippen molar-refractivity contribution < 1.29 is 9.53 Å². The van der Waals surface area contributed by atoms with Crippen LogP contribution in [0.2, 0.25) is 0 Å². The lowest BCUT2D eigenvalue weighted by Crippen LogP contribution is -2.24. The highest BCUT2D eigenvalue weighted by molar-refractivity contribution is 5.92. The second-order valence-corrected chi connectivity index (χ2v) is 2.79. The summed E-state index contributed by atoms with van der Waals surface area (Å²) in [4.78, 5) is 15.5. The Bertz CT molecular complexity index is 259. The van der Waals surface area contributed by atoms with Gasteiger partial charge in [0.25, 0.3) is 5.91 Å². The number of aliphatic imine (C=N–C) groups is 1. The van der Waals surface area contributed by atoms with Gasteiger partial charge in [0.15, 0.2) is 0 Å². The van der Waals surface area contributed by atoms with E-state index in [1.54, 1.807) is 20.2 Å². The highest BCUT2D eigenvalue weighted by atomic mass is 16.5. The fraction of sp³-hybridized carbons (Fsp3) is 0.600. The second kappa shape index (κ2) is 7.99. The van der Waals surface area contributed by atoms with Gasteiger partial charge < -0.3 is 15.8 Å². The predicted molar refractivity (Wildman–Crippen MR) is 60.6 cm³/mol. The Hall–Kier alpha value is -1.36. The van der Waals surface area contributed by atoms with E-state index in [4.69, 9.17) is 10.5 Å². The molecule has 0 aromatic carbocycles. The first-order valence-corrected chi connectivity index (χ1v) is 4.97. The summed E-state index contributed by atoms with van der Waals surface area (Å²) in [6.07, 6.45) is 2.41. The summed E-state index contributed by atoms with van der Waals surface area (Å²) in [5, 5.41) is 2.50. The predicted octanol–water partition coefficient (Wildman–Crippen LogP) is 0.420. The summed E-state index contributed by atoms with van der Waals surface area (Å²) in [5.41, 5.74) is 5.96. The van der Waals surface area contributed by atoms with Crippen LogP contribution in [-0.4, -0.2) is 32.3 Å². The minimum Gasteiger partial charge on any atom is -0.486 e. The van der Waals surface area contributed by atoms with Gasteiger partial charge in [0.2, 0.25) is 5.76 Å². The van der Waals surface area contributed by atoms with Crippen molar-refractivity contribution in [2.75, 3.05) is 20.2 Å². The molecule has 0 aromatic rings. The minimum atomic E-state index is -0.297. The summed E-state index contributed by atoms with van der Waals surface area (Å²) in [5.74, 6) is -0.0885. The van der Waals surface area contributed by atoms with Gasteiger partial charge in [-0.15, -0.1) is 0 Å². The molecule has 5 nitrogen and oxygen atoms in total. The maximum Gasteiger partial charge on any atom is 0.288 e. The van der Waals surface area contributed by atoms with Gasteiger partial charge in [-0.3, -0.25) is 9.79 Å². The van der Waals surface area contributed by atoms with Gasteiger partial charge in [-0.25, -0.2) is 0 Å². The molecule has 0 fully saturated rings. The first kappa shape index (κ1) is 13.6. The quantitative estimate of drug-likeness (QED) is 0.381. The number of hydrogen-bond acceptors (Lipinski definition) is 4. The van der Waals surface area contributed by atoms with Crippen LogP contribution in [0.4, 0.5) is 0 Å². The molecule has 0 unspecified atom stereocenters. The Labute approximate surface area is 90.4 Å². The van der Waals surface area contributed by atoms with Crippen LogP contribution in [0.3, 0.4) is 0 Å². The van der Waals surface area contributed by atoms with Crippen molar-refractivity contribution in [3.8, 4) is 0 Å². The number of amides is 1. The zero-order valence-corrected chi connectivity index (χ0v) is 9.54. The molecule has 0 aliphatic heterocycles.